The second kappa shape index (κ2) is 5.31. The fraction of sp³-hybridized carbons (Fsp3) is 0.571. The first-order valence-corrected chi connectivity index (χ1v) is 6.41. The third kappa shape index (κ3) is 3.25. The molecule has 1 aromatic carbocycles. The van der Waals surface area contributed by atoms with Gasteiger partial charge in [-0.15, -0.1) is 0 Å². The molecule has 1 nitrogen and oxygen atoms in total. The number of rotatable bonds is 5. The van der Waals surface area contributed by atoms with Crippen molar-refractivity contribution in [1.82, 2.24) is 5.32 Å². The number of halogens is 3. The van der Waals surface area contributed by atoms with E-state index in [-0.39, 0.29) is 0 Å². The van der Waals surface area contributed by atoms with Gasteiger partial charge in [-0.1, -0.05) is 25.1 Å². The molecule has 1 aromatic rings. The van der Waals surface area contributed by atoms with Crippen LogP contribution < -0.4 is 5.32 Å². The molecule has 0 saturated heterocycles. The van der Waals surface area contributed by atoms with E-state index >= 15 is 0 Å². The lowest BCUT2D eigenvalue weighted by Gasteiger charge is -2.18. The first-order valence-electron chi connectivity index (χ1n) is 6.41. The molecule has 0 radical (unpaired) electrons. The molecule has 1 atom stereocenters. The minimum atomic E-state index is -4.26. The van der Waals surface area contributed by atoms with Crippen molar-refractivity contribution in [2.24, 2.45) is 5.92 Å². The second-order valence-electron chi connectivity index (χ2n) is 4.89. The van der Waals surface area contributed by atoms with E-state index in [1.165, 1.54) is 18.9 Å². The summed E-state index contributed by atoms with van der Waals surface area (Å²) in [5.74, 6) is 0.660. The van der Waals surface area contributed by atoms with E-state index in [1.54, 1.807) is 12.1 Å². The van der Waals surface area contributed by atoms with E-state index < -0.39 is 11.7 Å². The fourth-order valence-corrected chi connectivity index (χ4v) is 2.33. The van der Waals surface area contributed by atoms with Gasteiger partial charge in [0, 0.05) is 12.6 Å². The summed E-state index contributed by atoms with van der Waals surface area (Å²) >= 11 is 0. The van der Waals surface area contributed by atoms with Crippen molar-refractivity contribution in [3.63, 3.8) is 0 Å². The minimum Gasteiger partial charge on any atom is -0.310 e. The maximum Gasteiger partial charge on any atom is 0.416 e. The van der Waals surface area contributed by atoms with Crippen LogP contribution in [0.3, 0.4) is 0 Å². The molecule has 1 aliphatic carbocycles. The Balaban J connectivity index is 2.04. The molecule has 2 rings (SSSR count). The Bertz CT molecular complexity index is 396. The van der Waals surface area contributed by atoms with Crippen LogP contribution in [-0.4, -0.2) is 6.04 Å². The van der Waals surface area contributed by atoms with Gasteiger partial charge in [0.2, 0.25) is 0 Å². The molecule has 1 unspecified atom stereocenters. The molecule has 0 spiro atoms. The summed E-state index contributed by atoms with van der Waals surface area (Å²) in [6, 6.07) is 6.14. The van der Waals surface area contributed by atoms with Crippen LogP contribution in [0.1, 0.15) is 37.3 Å². The molecule has 0 heterocycles. The van der Waals surface area contributed by atoms with E-state index in [2.05, 4.69) is 12.2 Å². The van der Waals surface area contributed by atoms with Crippen molar-refractivity contribution in [1.29, 1.82) is 0 Å². The number of alkyl halides is 3. The van der Waals surface area contributed by atoms with Gasteiger partial charge < -0.3 is 5.32 Å². The van der Waals surface area contributed by atoms with Gasteiger partial charge >= 0.3 is 6.18 Å². The lowest BCUT2D eigenvalue weighted by Crippen LogP contribution is -2.30. The number of benzene rings is 1. The van der Waals surface area contributed by atoms with Crippen molar-refractivity contribution < 1.29 is 13.2 Å². The van der Waals surface area contributed by atoms with Gasteiger partial charge in [0.1, 0.15) is 0 Å². The fourth-order valence-electron chi connectivity index (χ4n) is 2.33. The largest absolute Gasteiger partial charge is 0.416 e. The predicted molar refractivity (Wildman–Crippen MR) is 65.1 cm³/mol. The van der Waals surface area contributed by atoms with Crippen LogP contribution in [-0.2, 0) is 12.7 Å². The molecule has 0 aromatic heterocycles. The monoisotopic (exact) mass is 257 g/mol. The van der Waals surface area contributed by atoms with Gasteiger partial charge in [-0.2, -0.15) is 13.2 Å². The van der Waals surface area contributed by atoms with E-state index in [0.717, 1.165) is 12.5 Å². The SMILES string of the molecule is CCC(NCc1ccccc1C(F)(F)F)C1CC1. The van der Waals surface area contributed by atoms with Gasteiger partial charge in [-0.3, -0.25) is 0 Å². The highest BCUT2D eigenvalue weighted by molar-refractivity contribution is 5.29. The van der Waals surface area contributed by atoms with Crippen molar-refractivity contribution in [2.45, 2.75) is 44.9 Å². The second-order valence-corrected chi connectivity index (χ2v) is 4.89. The molecule has 1 N–H and O–H groups in total. The van der Waals surface area contributed by atoms with Crippen LogP contribution >= 0.6 is 0 Å². The Labute approximate surface area is 105 Å². The highest BCUT2D eigenvalue weighted by Gasteiger charge is 2.34. The lowest BCUT2D eigenvalue weighted by atomic mass is 10.1. The number of hydrogen-bond donors (Lipinski definition) is 1. The molecule has 1 fully saturated rings. The van der Waals surface area contributed by atoms with Gasteiger partial charge in [0.15, 0.2) is 0 Å². The van der Waals surface area contributed by atoms with Gasteiger partial charge in [0.25, 0.3) is 0 Å². The van der Waals surface area contributed by atoms with Gasteiger partial charge in [-0.05, 0) is 36.8 Å². The topological polar surface area (TPSA) is 12.0 Å². The molecule has 4 heteroatoms. The Morgan fingerprint density at radius 1 is 1.28 bits per heavy atom. The van der Waals surface area contributed by atoms with Crippen molar-refractivity contribution in [3.8, 4) is 0 Å². The molecular weight excluding hydrogens is 239 g/mol. The Morgan fingerprint density at radius 2 is 1.94 bits per heavy atom. The van der Waals surface area contributed by atoms with Gasteiger partial charge in [-0.25, -0.2) is 0 Å². The number of nitrogens with one attached hydrogen (secondary N) is 1. The minimum absolute atomic E-state index is 0.296. The zero-order chi connectivity index (χ0) is 13.2. The molecule has 1 aliphatic rings. The van der Waals surface area contributed by atoms with Crippen molar-refractivity contribution >= 4 is 0 Å². The van der Waals surface area contributed by atoms with E-state index in [4.69, 9.17) is 0 Å². The summed E-state index contributed by atoms with van der Waals surface area (Å²) in [6.07, 6.45) is -0.892. The molecule has 1 saturated carbocycles. The van der Waals surface area contributed by atoms with E-state index in [9.17, 15) is 13.2 Å². The van der Waals surface area contributed by atoms with Crippen LogP contribution in [0.15, 0.2) is 24.3 Å². The molecular formula is C14H18F3N. The Morgan fingerprint density at radius 3 is 2.50 bits per heavy atom. The van der Waals surface area contributed by atoms with Crippen molar-refractivity contribution in [2.75, 3.05) is 0 Å². The normalized spacial score (nSPS) is 17.8. The van der Waals surface area contributed by atoms with Crippen LogP contribution in [0, 0.1) is 5.92 Å². The summed E-state index contributed by atoms with van der Waals surface area (Å²) in [5, 5.41) is 3.26. The van der Waals surface area contributed by atoms with Crippen molar-refractivity contribution in [3.05, 3.63) is 35.4 Å². The zero-order valence-electron chi connectivity index (χ0n) is 10.4. The third-order valence-electron chi connectivity index (χ3n) is 3.51. The third-order valence-corrected chi connectivity index (χ3v) is 3.51. The Hall–Kier alpha value is -1.03. The standard InChI is InChI=1S/C14H18F3N/c1-2-13(10-7-8-10)18-9-11-5-3-4-6-12(11)14(15,16)17/h3-6,10,13,18H,2,7-9H2,1H3. The van der Waals surface area contributed by atoms with Crippen LogP contribution in [0.2, 0.25) is 0 Å². The molecule has 0 aliphatic heterocycles. The maximum absolute atomic E-state index is 12.8. The van der Waals surface area contributed by atoms with Crippen LogP contribution in [0.25, 0.3) is 0 Å². The summed E-state index contributed by atoms with van der Waals surface area (Å²) < 4.78 is 38.4. The summed E-state index contributed by atoms with van der Waals surface area (Å²) in [6.45, 7) is 2.37. The quantitative estimate of drug-likeness (QED) is 0.841. The molecule has 0 bridgehead atoms. The Kier molecular flexibility index (Phi) is 3.95. The summed E-state index contributed by atoms with van der Waals surface area (Å²) in [5.41, 5.74) is -0.188. The lowest BCUT2D eigenvalue weighted by molar-refractivity contribution is -0.138. The molecule has 100 valence electrons. The zero-order valence-corrected chi connectivity index (χ0v) is 10.4. The van der Waals surface area contributed by atoms with E-state index in [1.807, 2.05) is 0 Å². The first-order chi connectivity index (χ1) is 8.52. The highest BCUT2D eigenvalue weighted by atomic mass is 19.4. The van der Waals surface area contributed by atoms with E-state index in [0.29, 0.717) is 24.1 Å². The molecule has 18 heavy (non-hydrogen) atoms. The summed E-state index contributed by atoms with van der Waals surface area (Å²) in [7, 11) is 0. The van der Waals surface area contributed by atoms with Crippen LogP contribution in [0.5, 0.6) is 0 Å². The number of hydrogen-bond acceptors (Lipinski definition) is 1. The average molecular weight is 257 g/mol. The first kappa shape index (κ1) is 13.4. The smallest absolute Gasteiger partial charge is 0.310 e. The predicted octanol–water partition coefficient (Wildman–Crippen LogP) is 3.98. The maximum atomic E-state index is 12.8. The van der Waals surface area contributed by atoms with Crippen LogP contribution in [0.4, 0.5) is 13.2 Å². The average Bonchev–Trinajstić information content (AvgIpc) is 3.13. The summed E-state index contributed by atoms with van der Waals surface area (Å²) in [4.78, 5) is 0. The van der Waals surface area contributed by atoms with Gasteiger partial charge in [0.05, 0.1) is 5.56 Å². The molecule has 0 amide bonds. The highest BCUT2D eigenvalue weighted by Crippen LogP contribution is 2.35.